The van der Waals surface area contributed by atoms with Crippen LogP contribution in [-0.2, 0) is 6.54 Å². The first-order chi connectivity index (χ1) is 13.6. The van der Waals surface area contributed by atoms with Crippen LogP contribution in [0.15, 0.2) is 24.7 Å². The van der Waals surface area contributed by atoms with Gasteiger partial charge in [-0.2, -0.15) is 14.7 Å². The van der Waals surface area contributed by atoms with Crippen molar-refractivity contribution in [2.75, 3.05) is 5.32 Å². The van der Waals surface area contributed by atoms with E-state index in [9.17, 15) is 5.26 Å². The minimum Gasteiger partial charge on any atom is -0.314 e. The second-order valence-corrected chi connectivity index (χ2v) is 8.71. The molecular weight excluding hydrogens is 370 g/mol. The second-order valence-electron chi connectivity index (χ2n) is 7.90. The number of hydrogen-bond donors (Lipinski definition) is 1. The van der Waals surface area contributed by atoms with Crippen LogP contribution in [0.25, 0.3) is 11.3 Å². The van der Waals surface area contributed by atoms with Crippen LogP contribution in [0.4, 0.5) is 10.9 Å². The second kappa shape index (κ2) is 6.67. The monoisotopic (exact) mass is 391 g/mol. The van der Waals surface area contributed by atoms with Gasteiger partial charge in [-0.05, 0) is 56.1 Å². The van der Waals surface area contributed by atoms with E-state index >= 15 is 0 Å². The summed E-state index contributed by atoms with van der Waals surface area (Å²) < 4.78 is 6.19. The molecule has 2 saturated carbocycles. The number of nitrogens with one attached hydrogen (secondary N) is 1. The molecule has 0 bridgehead atoms. The van der Waals surface area contributed by atoms with Crippen molar-refractivity contribution >= 4 is 22.5 Å². The summed E-state index contributed by atoms with van der Waals surface area (Å²) in [5.74, 6) is 1.11. The zero-order chi connectivity index (χ0) is 19.1. The first kappa shape index (κ1) is 17.3. The zero-order valence-corrected chi connectivity index (χ0v) is 16.5. The molecule has 5 rings (SSSR count). The molecule has 0 amide bonds. The van der Waals surface area contributed by atoms with Gasteiger partial charge in [-0.3, -0.25) is 4.68 Å². The predicted molar refractivity (Wildman–Crippen MR) is 107 cm³/mol. The quantitative estimate of drug-likeness (QED) is 0.669. The van der Waals surface area contributed by atoms with E-state index in [2.05, 4.69) is 25.8 Å². The summed E-state index contributed by atoms with van der Waals surface area (Å²) in [7, 11) is 0. The van der Waals surface area contributed by atoms with Gasteiger partial charge in [0.2, 0.25) is 5.95 Å². The van der Waals surface area contributed by atoms with E-state index in [4.69, 9.17) is 4.98 Å². The first-order valence-corrected chi connectivity index (χ1v) is 10.4. The third kappa shape index (κ3) is 3.27. The van der Waals surface area contributed by atoms with Gasteiger partial charge in [0.25, 0.3) is 0 Å². The Kier molecular flexibility index (Phi) is 4.13. The highest BCUT2D eigenvalue weighted by molar-refractivity contribution is 7.10. The largest absolute Gasteiger partial charge is 0.314 e. The summed E-state index contributed by atoms with van der Waals surface area (Å²) in [6.45, 7) is 2.62. The highest BCUT2D eigenvalue weighted by Crippen LogP contribution is 2.44. The molecule has 142 valence electrons. The highest BCUT2D eigenvalue weighted by Gasteiger charge is 2.38. The van der Waals surface area contributed by atoms with Crippen LogP contribution in [-0.4, -0.2) is 24.1 Å². The Labute approximate surface area is 167 Å². The Morgan fingerprint density at radius 2 is 2.21 bits per heavy atom. The maximum atomic E-state index is 9.50. The van der Waals surface area contributed by atoms with Gasteiger partial charge in [0.05, 0.1) is 35.6 Å². The summed E-state index contributed by atoms with van der Waals surface area (Å²) in [5, 5.41) is 18.2. The summed E-state index contributed by atoms with van der Waals surface area (Å²) in [6.07, 6.45) is 11.2. The Bertz CT molecular complexity index is 1050. The van der Waals surface area contributed by atoms with Crippen LogP contribution >= 0.6 is 11.5 Å². The molecule has 2 aliphatic rings. The maximum Gasteiger partial charge on any atom is 0.228 e. The fourth-order valence-electron chi connectivity index (χ4n) is 3.70. The average molecular weight is 392 g/mol. The predicted octanol–water partition coefficient (Wildman–Crippen LogP) is 4.42. The molecule has 0 spiro atoms. The fourth-order valence-corrected chi connectivity index (χ4v) is 4.35. The van der Waals surface area contributed by atoms with Crippen LogP contribution in [0.1, 0.15) is 49.3 Å². The van der Waals surface area contributed by atoms with Gasteiger partial charge >= 0.3 is 0 Å². The fraction of sp³-hybridized carbons (Fsp3) is 0.450. The van der Waals surface area contributed by atoms with E-state index in [0.29, 0.717) is 18.4 Å². The lowest BCUT2D eigenvalue weighted by Gasteiger charge is -2.34. The summed E-state index contributed by atoms with van der Waals surface area (Å²) in [5.41, 5.74) is 3.84. The SMILES string of the molecule is Cc1cc(Nc2ncc(C3CC3)c(-c3cnn(CC4(C#N)CCC4)c3)n2)sn1. The Hall–Kier alpha value is -2.79. The van der Waals surface area contributed by atoms with Crippen LogP contribution < -0.4 is 5.32 Å². The lowest BCUT2D eigenvalue weighted by molar-refractivity contribution is 0.174. The zero-order valence-electron chi connectivity index (χ0n) is 15.7. The normalized spacial score (nSPS) is 17.7. The minimum atomic E-state index is -0.245. The number of nitriles is 1. The molecule has 1 N–H and O–H groups in total. The summed E-state index contributed by atoms with van der Waals surface area (Å²) in [4.78, 5) is 9.33. The molecule has 7 nitrogen and oxygen atoms in total. The van der Waals surface area contributed by atoms with E-state index in [-0.39, 0.29) is 5.41 Å². The molecule has 3 aromatic heterocycles. The van der Waals surface area contributed by atoms with Crippen molar-refractivity contribution in [1.82, 2.24) is 24.1 Å². The van der Waals surface area contributed by atoms with Gasteiger partial charge in [0, 0.05) is 23.5 Å². The molecule has 0 aromatic carbocycles. The molecule has 0 radical (unpaired) electrons. The molecule has 2 fully saturated rings. The third-order valence-corrected chi connectivity index (χ3v) is 6.41. The molecule has 0 saturated heterocycles. The average Bonchev–Trinajstić information content (AvgIpc) is 3.27. The molecule has 3 aromatic rings. The van der Waals surface area contributed by atoms with Crippen LogP contribution in [0.2, 0.25) is 0 Å². The van der Waals surface area contributed by atoms with Crippen molar-refractivity contribution in [1.29, 1.82) is 5.26 Å². The number of hydrogen-bond acceptors (Lipinski definition) is 7. The number of aromatic nitrogens is 5. The molecule has 0 unspecified atom stereocenters. The van der Waals surface area contributed by atoms with Crippen LogP contribution in [0.3, 0.4) is 0 Å². The van der Waals surface area contributed by atoms with Crippen molar-refractivity contribution in [3.05, 3.63) is 35.9 Å². The Morgan fingerprint density at radius 1 is 1.36 bits per heavy atom. The summed E-state index contributed by atoms with van der Waals surface area (Å²) >= 11 is 1.40. The van der Waals surface area contributed by atoms with Gasteiger partial charge < -0.3 is 5.32 Å². The van der Waals surface area contributed by atoms with Gasteiger partial charge in [0.15, 0.2) is 0 Å². The van der Waals surface area contributed by atoms with E-state index in [0.717, 1.165) is 41.2 Å². The standard InChI is InChI=1S/C20H21N7S/c1-13-7-17(28-26-13)24-19-22-9-16(14-3-4-14)18(25-19)15-8-23-27(10-15)12-20(11-21)5-2-6-20/h7-10,14H,2-6,12H2,1H3,(H,22,24,25). The van der Waals surface area contributed by atoms with Crippen molar-refractivity contribution in [3.63, 3.8) is 0 Å². The van der Waals surface area contributed by atoms with Gasteiger partial charge in [-0.15, -0.1) is 0 Å². The number of anilines is 2. The summed E-state index contributed by atoms with van der Waals surface area (Å²) in [6, 6.07) is 4.48. The lowest BCUT2D eigenvalue weighted by atomic mass is 9.70. The lowest BCUT2D eigenvalue weighted by Crippen LogP contribution is -2.32. The van der Waals surface area contributed by atoms with Gasteiger partial charge in [-0.1, -0.05) is 6.42 Å². The topological polar surface area (TPSA) is 92.3 Å². The number of rotatable bonds is 6. The molecule has 0 atom stereocenters. The van der Waals surface area contributed by atoms with E-state index in [1.165, 1.54) is 29.9 Å². The molecule has 3 heterocycles. The van der Waals surface area contributed by atoms with E-state index in [1.54, 1.807) is 0 Å². The Morgan fingerprint density at radius 3 is 2.86 bits per heavy atom. The maximum absolute atomic E-state index is 9.50. The third-order valence-electron chi connectivity index (χ3n) is 5.62. The highest BCUT2D eigenvalue weighted by atomic mass is 32.1. The molecule has 0 aliphatic heterocycles. The molecular formula is C20H21N7S. The van der Waals surface area contributed by atoms with Crippen molar-refractivity contribution < 1.29 is 0 Å². The first-order valence-electron chi connectivity index (χ1n) is 9.65. The van der Waals surface area contributed by atoms with Crippen molar-refractivity contribution in [3.8, 4) is 17.3 Å². The van der Waals surface area contributed by atoms with Gasteiger partial charge in [0.1, 0.15) is 5.00 Å². The molecule has 8 heteroatoms. The smallest absolute Gasteiger partial charge is 0.228 e. The van der Waals surface area contributed by atoms with E-state index in [1.807, 2.05) is 36.3 Å². The molecule has 28 heavy (non-hydrogen) atoms. The minimum absolute atomic E-state index is 0.245. The number of aryl methyl sites for hydroxylation is 1. The van der Waals surface area contributed by atoms with Crippen LogP contribution in [0, 0.1) is 23.7 Å². The number of nitrogens with zero attached hydrogens (tertiary/aromatic N) is 6. The van der Waals surface area contributed by atoms with E-state index < -0.39 is 0 Å². The van der Waals surface area contributed by atoms with Crippen LogP contribution in [0.5, 0.6) is 0 Å². The molecule has 2 aliphatic carbocycles. The Balaban J connectivity index is 1.44. The van der Waals surface area contributed by atoms with Gasteiger partial charge in [-0.25, -0.2) is 9.97 Å². The van der Waals surface area contributed by atoms with Crippen molar-refractivity contribution in [2.24, 2.45) is 5.41 Å². The van der Waals surface area contributed by atoms with Crippen molar-refractivity contribution in [2.45, 2.75) is 51.5 Å².